The Morgan fingerprint density at radius 2 is 2.16 bits per heavy atom. The Labute approximate surface area is 144 Å². The normalized spacial score (nSPS) is 20.5. The van der Waals surface area contributed by atoms with Gasteiger partial charge in [-0.05, 0) is 26.8 Å². The highest BCUT2D eigenvalue weighted by Gasteiger charge is 2.31. The summed E-state index contributed by atoms with van der Waals surface area (Å²) in [6.07, 6.45) is 0. The molecule has 0 spiro atoms. The number of amides is 1. The van der Waals surface area contributed by atoms with Crippen LogP contribution in [0.25, 0.3) is 5.69 Å². The van der Waals surface area contributed by atoms with E-state index in [0.717, 1.165) is 6.54 Å². The number of piperazine rings is 1. The van der Waals surface area contributed by atoms with E-state index in [0.29, 0.717) is 17.9 Å². The molecule has 1 amide bonds. The SMILES string of the molecule is Cc1c(C(=O)N2CCNC(C)C2C)nnn1-c1cccc([N+](=O)[O-])c1. The topological polar surface area (TPSA) is 106 Å². The summed E-state index contributed by atoms with van der Waals surface area (Å²) in [5.74, 6) is -0.171. The van der Waals surface area contributed by atoms with Crippen molar-refractivity contribution < 1.29 is 9.72 Å². The minimum absolute atomic E-state index is 0.0372. The van der Waals surface area contributed by atoms with E-state index in [4.69, 9.17) is 0 Å². The minimum Gasteiger partial charge on any atom is -0.332 e. The second-order valence-electron chi connectivity index (χ2n) is 6.19. The highest BCUT2D eigenvalue weighted by atomic mass is 16.6. The van der Waals surface area contributed by atoms with E-state index < -0.39 is 4.92 Å². The van der Waals surface area contributed by atoms with Gasteiger partial charge in [0.25, 0.3) is 11.6 Å². The van der Waals surface area contributed by atoms with E-state index in [1.54, 1.807) is 24.0 Å². The van der Waals surface area contributed by atoms with Gasteiger partial charge in [0.1, 0.15) is 0 Å². The maximum atomic E-state index is 12.9. The van der Waals surface area contributed by atoms with Crippen molar-refractivity contribution in [1.82, 2.24) is 25.2 Å². The van der Waals surface area contributed by atoms with Gasteiger partial charge in [-0.3, -0.25) is 14.9 Å². The number of nitrogens with zero attached hydrogens (tertiary/aromatic N) is 5. The van der Waals surface area contributed by atoms with Crippen LogP contribution in [0.2, 0.25) is 0 Å². The molecule has 1 fully saturated rings. The number of carbonyl (C=O) groups excluding carboxylic acids is 1. The van der Waals surface area contributed by atoms with Crippen molar-refractivity contribution in [2.24, 2.45) is 0 Å². The van der Waals surface area contributed by atoms with Gasteiger partial charge in [0, 0.05) is 37.3 Å². The third-order valence-electron chi connectivity index (χ3n) is 4.68. The molecular formula is C16H20N6O3. The zero-order chi connectivity index (χ0) is 18.1. The summed E-state index contributed by atoms with van der Waals surface area (Å²) >= 11 is 0. The summed E-state index contributed by atoms with van der Waals surface area (Å²) in [6.45, 7) is 7.11. The molecule has 3 rings (SSSR count). The molecule has 2 unspecified atom stereocenters. The Bertz CT molecular complexity index is 818. The average molecular weight is 344 g/mol. The van der Waals surface area contributed by atoms with E-state index in [2.05, 4.69) is 15.6 Å². The van der Waals surface area contributed by atoms with Crippen LogP contribution in [0.1, 0.15) is 30.0 Å². The van der Waals surface area contributed by atoms with Crippen LogP contribution in [0.15, 0.2) is 24.3 Å². The number of hydrogen-bond donors (Lipinski definition) is 1. The second-order valence-corrected chi connectivity index (χ2v) is 6.19. The van der Waals surface area contributed by atoms with Crippen molar-refractivity contribution in [2.45, 2.75) is 32.9 Å². The van der Waals surface area contributed by atoms with Crippen molar-refractivity contribution in [3.63, 3.8) is 0 Å². The predicted octanol–water partition coefficient (Wildman–Crippen LogP) is 1.31. The van der Waals surface area contributed by atoms with Gasteiger partial charge in [-0.2, -0.15) is 0 Å². The minimum atomic E-state index is -0.467. The first-order valence-corrected chi connectivity index (χ1v) is 8.11. The number of hydrogen-bond acceptors (Lipinski definition) is 6. The Hall–Kier alpha value is -2.81. The van der Waals surface area contributed by atoms with Gasteiger partial charge in [-0.1, -0.05) is 11.3 Å². The standard InChI is InChI=1S/C16H20N6O3/c1-10-11(2)20(8-7-17-10)16(23)15-12(3)21(19-18-15)13-5-4-6-14(9-13)22(24)25/h4-6,9-11,17H,7-8H2,1-3H3. The fraction of sp³-hybridized carbons (Fsp3) is 0.438. The van der Waals surface area contributed by atoms with Crippen molar-refractivity contribution in [1.29, 1.82) is 0 Å². The van der Waals surface area contributed by atoms with Gasteiger partial charge in [0.15, 0.2) is 5.69 Å². The smallest absolute Gasteiger partial charge is 0.276 e. The van der Waals surface area contributed by atoms with E-state index in [1.807, 2.05) is 13.8 Å². The van der Waals surface area contributed by atoms with Crippen LogP contribution in [0.5, 0.6) is 0 Å². The van der Waals surface area contributed by atoms with Gasteiger partial charge in [-0.15, -0.1) is 5.10 Å². The largest absolute Gasteiger partial charge is 0.332 e. The monoisotopic (exact) mass is 344 g/mol. The number of benzene rings is 1. The van der Waals surface area contributed by atoms with Gasteiger partial charge >= 0.3 is 0 Å². The Balaban J connectivity index is 1.92. The van der Waals surface area contributed by atoms with Crippen LogP contribution in [-0.4, -0.2) is 55.9 Å². The lowest BCUT2D eigenvalue weighted by Gasteiger charge is -2.38. The molecule has 0 saturated carbocycles. The van der Waals surface area contributed by atoms with Gasteiger partial charge in [0.05, 0.1) is 16.3 Å². The van der Waals surface area contributed by atoms with Crippen molar-refractivity contribution in [2.75, 3.05) is 13.1 Å². The summed E-state index contributed by atoms with van der Waals surface area (Å²) in [4.78, 5) is 25.1. The third-order valence-corrected chi connectivity index (χ3v) is 4.68. The zero-order valence-corrected chi connectivity index (χ0v) is 14.3. The summed E-state index contributed by atoms with van der Waals surface area (Å²) in [5.41, 5.74) is 1.29. The molecule has 0 radical (unpaired) electrons. The molecular weight excluding hydrogens is 324 g/mol. The summed E-state index contributed by atoms with van der Waals surface area (Å²) in [7, 11) is 0. The highest BCUT2D eigenvalue weighted by Crippen LogP contribution is 2.20. The first-order valence-electron chi connectivity index (χ1n) is 8.11. The number of nitrogens with one attached hydrogen (secondary N) is 1. The number of nitro benzene ring substituents is 1. The van der Waals surface area contributed by atoms with Crippen LogP contribution in [0.3, 0.4) is 0 Å². The van der Waals surface area contributed by atoms with E-state index >= 15 is 0 Å². The first-order chi connectivity index (χ1) is 11.9. The van der Waals surface area contributed by atoms with Gasteiger partial charge in [0.2, 0.25) is 0 Å². The molecule has 1 saturated heterocycles. The van der Waals surface area contributed by atoms with E-state index in [1.165, 1.54) is 16.8 Å². The Morgan fingerprint density at radius 1 is 1.40 bits per heavy atom. The molecule has 1 aromatic carbocycles. The summed E-state index contributed by atoms with van der Waals surface area (Å²) in [6, 6.07) is 6.33. The molecule has 2 aromatic rings. The highest BCUT2D eigenvalue weighted by molar-refractivity contribution is 5.93. The predicted molar refractivity (Wildman–Crippen MR) is 90.7 cm³/mol. The molecule has 2 atom stereocenters. The van der Waals surface area contributed by atoms with Crippen molar-refractivity contribution in [3.8, 4) is 5.69 Å². The third kappa shape index (κ3) is 3.10. The van der Waals surface area contributed by atoms with Crippen LogP contribution >= 0.6 is 0 Å². The maximum absolute atomic E-state index is 12.9. The Morgan fingerprint density at radius 3 is 2.88 bits per heavy atom. The molecule has 1 aliphatic rings. The molecule has 132 valence electrons. The summed E-state index contributed by atoms with van der Waals surface area (Å²) in [5, 5.41) is 22.3. The molecule has 1 aromatic heterocycles. The molecule has 0 aliphatic carbocycles. The van der Waals surface area contributed by atoms with Crippen molar-refractivity contribution in [3.05, 3.63) is 45.8 Å². The number of nitro groups is 1. The molecule has 1 aliphatic heterocycles. The number of non-ortho nitro benzene ring substituents is 1. The second kappa shape index (κ2) is 6.60. The average Bonchev–Trinajstić information content (AvgIpc) is 2.98. The molecule has 25 heavy (non-hydrogen) atoms. The van der Waals surface area contributed by atoms with E-state index in [9.17, 15) is 14.9 Å². The number of carbonyl (C=O) groups is 1. The van der Waals surface area contributed by atoms with Crippen molar-refractivity contribution >= 4 is 11.6 Å². The maximum Gasteiger partial charge on any atom is 0.276 e. The molecule has 9 nitrogen and oxygen atoms in total. The van der Waals surface area contributed by atoms with Gasteiger partial charge < -0.3 is 10.2 Å². The lowest BCUT2D eigenvalue weighted by Crippen LogP contribution is -2.57. The lowest BCUT2D eigenvalue weighted by molar-refractivity contribution is -0.384. The van der Waals surface area contributed by atoms with Crippen LogP contribution in [-0.2, 0) is 0 Å². The summed E-state index contributed by atoms with van der Waals surface area (Å²) < 4.78 is 1.45. The molecule has 1 N–H and O–H groups in total. The first kappa shape index (κ1) is 17.0. The number of rotatable bonds is 3. The van der Waals surface area contributed by atoms with Crippen LogP contribution in [0, 0.1) is 17.0 Å². The lowest BCUT2D eigenvalue weighted by atomic mass is 10.1. The zero-order valence-electron chi connectivity index (χ0n) is 14.3. The Kier molecular flexibility index (Phi) is 4.49. The quantitative estimate of drug-likeness (QED) is 0.664. The fourth-order valence-electron chi connectivity index (χ4n) is 2.99. The van der Waals surface area contributed by atoms with Gasteiger partial charge in [-0.25, -0.2) is 4.68 Å². The molecule has 0 bridgehead atoms. The molecule has 9 heteroatoms. The molecule has 2 heterocycles. The van der Waals surface area contributed by atoms with E-state index in [-0.39, 0.29) is 29.4 Å². The van der Waals surface area contributed by atoms with Crippen LogP contribution in [0.4, 0.5) is 5.69 Å². The van der Waals surface area contributed by atoms with Crippen LogP contribution < -0.4 is 5.32 Å². The fourth-order valence-corrected chi connectivity index (χ4v) is 2.99. The number of aromatic nitrogens is 3.